The molecule has 0 unspecified atom stereocenters. The van der Waals surface area contributed by atoms with Crippen LogP contribution in [0.2, 0.25) is 0 Å². The topological polar surface area (TPSA) is 66.3 Å². The van der Waals surface area contributed by atoms with Crippen LogP contribution in [-0.4, -0.2) is 34.1 Å². The smallest absolute Gasteiger partial charge is 0.356 e. The number of nitrogens with zero attached hydrogens (tertiary/aromatic N) is 3. The minimum Gasteiger partial charge on any atom is -0.476 e. The van der Waals surface area contributed by atoms with E-state index in [4.69, 9.17) is 0 Å². The molecule has 1 aromatic rings. The van der Waals surface area contributed by atoms with Crippen molar-refractivity contribution in [1.29, 1.82) is 0 Å². The fraction of sp³-hybridized carbons (Fsp3) is 0.688. The van der Waals surface area contributed by atoms with Crippen molar-refractivity contribution in [2.24, 2.45) is 11.8 Å². The van der Waals surface area contributed by atoms with Crippen LogP contribution in [0.1, 0.15) is 61.8 Å². The molecular weight excluding hydrogens is 266 g/mol. The van der Waals surface area contributed by atoms with Crippen molar-refractivity contribution in [3.05, 3.63) is 17.7 Å². The molecule has 2 aliphatic carbocycles. The van der Waals surface area contributed by atoms with Gasteiger partial charge in [-0.2, -0.15) is 0 Å². The van der Waals surface area contributed by atoms with Gasteiger partial charge in [0.25, 0.3) is 0 Å². The van der Waals surface area contributed by atoms with Gasteiger partial charge >= 0.3 is 5.97 Å². The molecule has 21 heavy (non-hydrogen) atoms. The second-order valence-corrected chi connectivity index (χ2v) is 6.71. The first kappa shape index (κ1) is 14.3. The molecule has 0 spiro atoms. The van der Waals surface area contributed by atoms with Crippen LogP contribution in [0.5, 0.6) is 0 Å². The minimum atomic E-state index is -0.953. The Morgan fingerprint density at radius 1 is 1.29 bits per heavy atom. The molecule has 2 aliphatic rings. The molecule has 1 heterocycles. The lowest BCUT2D eigenvalue weighted by Crippen LogP contribution is -2.30. The highest BCUT2D eigenvalue weighted by molar-refractivity contribution is 5.92. The Kier molecular flexibility index (Phi) is 3.83. The van der Waals surface area contributed by atoms with E-state index in [0.717, 1.165) is 24.9 Å². The van der Waals surface area contributed by atoms with Crippen LogP contribution in [0.25, 0.3) is 0 Å². The molecular formula is C16H23N3O2. The Balaban J connectivity index is 1.90. The van der Waals surface area contributed by atoms with Gasteiger partial charge in [0.05, 0.1) is 11.9 Å². The first-order valence-corrected chi connectivity index (χ1v) is 7.89. The minimum absolute atomic E-state index is 0.137. The molecule has 2 saturated carbocycles. The van der Waals surface area contributed by atoms with Gasteiger partial charge in [0, 0.05) is 19.0 Å². The summed E-state index contributed by atoms with van der Waals surface area (Å²) in [5.41, 5.74) is 0.862. The monoisotopic (exact) mass is 289 g/mol. The lowest BCUT2D eigenvalue weighted by Gasteiger charge is -2.26. The van der Waals surface area contributed by atoms with Gasteiger partial charge in [0.15, 0.2) is 5.69 Å². The molecule has 0 saturated heterocycles. The molecule has 114 valence electrons. The van der Waals surface area contributed by atoms with Gasteiger partial charge in [-0.25, -0.2) is 14.8 Å². The predicted octanol–water partition coefficient (Wildman–Crippen LogP) is 2.92. The summed E-state index contributed by atoms with van der Waals surface area (Å²) in [5, 5.41) is 9.50. The zero-order chi connectivity index (χ0) is 15.0. The normalized spacial score (nSPS) is 18.0. The number of hydrogen-bond acceptors (Lipinski definition) is 4. The van der Waals surface area contributed by atoms with Crippen molar-refractivity contribution in [3.63, 3.8) is 0 Å². The van der Waals surface area contributed by atoms with Crippen molar-refractivity contribution in [2.45, 2.75) is 45.4 Å². The number of hydrogen-bond donors (Lipinski definition) is 1. The van der Waals surface area contributed by atoms with Gasteiger partial charge in [-0.1, -0.05) is 13.8 Å². The van der Waals surface area contributed by atoms with E-state index in [9.17, 15) is 9.90 Å². The van der Waals surface area contributed by atoms with E-state index >= 15 is 0 Å². The highest BCUT2D eigenvalue weighted by atomic mass is 16.4. The fourth-order valence-corrected chi connectivity index (χ4v) is 2.55. The number of aromatic carboxylic acids is 1. The van der Waals surface area contributed by atoms with Crippen LogP contribution in [0.4, 0.5) is 5.69 Å². The van der Waals surface area contributed by atoms with Crippen molar-refractivity contribution in [2.75, 3.05) is 18.0 Å². The van der Waals surface area contributed by atoms with Crippen LogP contribution in [0.15, 0.2) is 6.20 Å². The first-order chi connectivity index (χ1) is 10.0. The van der Waals surface area contributed by atoms with Crippen LogP contribution >= 0.6 is 0 Å². The molecule has 0 radical (unpaired) electrons. The molecule has 0 amide bonds. The van der Waals surface area contributed by atoms with Gasteiger partial charge < -0.3 is 10.0 Å². The Bertz CT molecular complexity index is 522. The third kappa shape index (κ3) is 3.52. The SMILES string of the molecule is CC(C)c1ncc(N(CC2CC2)CC2CC2)c(C(=O)O)n1. The third-order valence-electron chi connectivity index (χ3n) is 4.20. The summed E-state index contributed by atoms with van der Waals surface area (Å²) in [7, 11) is 0. The van der Waals surface area contributed by atoms with E-state index < -0.39 is 5.97 Å². The average molecular weight is 289 g/mol. The summed E-state index contributed by atoms with van der Waals surface area (Å²) in [5.74, 6) is 1.22. The van der Waals surface area contributed by atoms with E-state index in [0.29, 0.717) is 11.5 Å². The van der Waals surface area contributed by atoms with Gasteiger partial charge in [-0.05, 0) is 37.5 Å². The van der Waals surface area contributed by atoms with Gasteiger partial charge in [-0.15, -0.1) is 0 Å². The Labute approximate surface area is 125 Å². The third-order valence-corrected chi connectivity index (χ3v) is 4.20. The second kappa shape index (κ2) is 5.62. The summed E-state index contributed by atoms with van der Waals surface area (Å²) in [6.45, 7) is 5.85. The molecule has 0 bridgehead atoms. The summed E-state index contributed by atoms with van der Waals surface area (Å²) in [6.07, 6.45) is 6.75. The van der Waals surface area contributed by atoms with E-state index in [1.165, 1.54) is 25.7 Å². The van der Waals surface area contributed by atoms with Crippen molar-refractivity contribution >= 4 is 11.7 Å². The fourth-order valence-electron chi connectivity index (χ4n) is 2.55. The maximum absolute atomic E-state index is 11.6. The highest BCUT2D eigenvalue weighted by Gasteiger charge is 2.31. The zero-order valence-electron chi connectivity index (χ0n) is 12.7. The lowest BCUT2D eigenvalue weighted by atomic mass is 10.2. The number of carbonyl (C=O) groups is 1. The molecule has 2 fully saturated rings. The first-order valence-electron chi connectivity index (χ1n) is 7.89. The molecule has 0 aromatic carbocycles. The number of carboxylic acids is 1. The number of carboxylic acid groups (broad SMARTS) is 1. The molecule has 0 aliphatic heterocycles. The predicted molar refractivity (Wildman–Crippen MR) is 80.7 cm³/mol. The van der Waals surface area contributed by atoms with Crippen LogP contribution in [0, 0.1) is 11.8 Å². The summed E-state index contributed by atoms with van der Waals surface area (Å²) in [6, 6.07) is 0. The maximum atomic E-state index is 11.6. The van der Waals surface area contributed by atoms with Crippen molar-refractivity contribution in [1.82, 2.24) is 9.97 Å². The summed E-state index contributed by atoms with van der Waals surface area (Å²) in [4.78, 5) is 22.5. The van der Waals surface area contributed by atoms with E-state index in [2.05, 4.69) is 14.9 Å². The lowest BCUT2D eigenvalue weighted by molar-refractivity contribution is 0.0690. The Hall–Kier alpha value is -1.65. The van der Waals surface area contributed by atoms with E-state index in [1.54, 1.807) is 6.20 Å². The molecule has 5 heteroatoms. The molecule has 0 atom stereocenters. The summed E-state index contributed by atoms with van der Waals surface area (Å²) < 4.78 is 0. The summed E-state index contributed by atoms with van der Waals surface area (Å²) >= 11 is 0. The van der Waals surface area contributed by atoms with Crippen LogP contribution < -0.4 is 4.90 Å². The van der Waals surface area contributed by atoms with Gasteiger partial charge in [-0.3, -0.25) is 0 Å². The van der Waals surface area contributed by atoms with E-state index in [-0.39, 0.29) is 11.6 Å². The quantitative estimate of drug-likeness (QED) is 0.836. The standard InChI is InChI=1S/C16H23N3O2/c1-10(2)15-17-7-13(14(18-15)16(20)21)19(8-11-3-4-11)9-12-5-6-12/h7,10-12H,3-6,8-9H2,1-2H3,(H,20,21). The highest BCUT2D eigenvalue weighted by Crippen LogP contribution is 2.36. The number of aromatic nitrogens is 2. The maximum Gasteiger partial charge on any atom is 0.356 e. The Morgan fingerprint density at radius 2 is 1.86 bits per heavy atom. The van der Waals surface area contributed by atoms with Gasteiger partial charge in [0.2, 0.25) is 0 Å². The van der Waals surface area contributed by atoms with Crippen LogP contribution in [-0.2, 0) is 0 Å². The van der Waals surface area contributed by atoms with Crippen LogP contribution in [0.3, 0.4) is 0 Å². The average Bonchev–Trinajstić information content (AvgIpc) is 3.32. The molecule has 3 rings (SSSR count). The van der Waals surface area contributed by atoms with Gasteiger partial charge in [0.1, 0.15) is 5.82 Å². The Morgan fingerprint density at radius 3 is 2.29 bits per heavy atom. The van der Waals surface area contributed by atoms with Crippen molar-refractivity contribution < 1.29 is 9.90 Å². The molecule has 1 aromatic heterocycles. The van der Waals surface area contributed by atoms with Crippen molar-refractivity contribution in [3.8, 4) is 0 Å². The largest absolute Gasteiger partial charge is 0.476 e. The zero-order valence-corrected chi connectivity index (χ0v) is 12.7. The molecule has 1 N–H and O–H groups in total. The van der Waals surface area contributed by atoms with E-state index in [1.807, 2.05) is 13.8 Å². The number of rotatable bonds is 7. The molecule has 5 nitrogen and oxygen atoms in total. The number of anilines is 1. The second-order valence-electron chi connectivity index (χ2n) is 6.71.